The molecule has 0 aliphatic heterocycles. The summed E-state index contributed by atoms with van der Waals surface area (Å²) in [5.74, 6) is -0.158. The molecule has 5 nitrogen and oxygen atoms in total. The Hall–Kier alpha value is -2.99. The zero-order chi connectivity index (χ0) is 19.2. The van der Waals surface area contributed by atoms with Crippen molar-refractivity contribution in [2.24, 2.45) is 0 Å². The Morgan fingerprint density at radius 1 is 1.15 bits per heavy atom. The average molecular weight is 385 g/mol. The van der Waals surface area contributed by atoms with Gasteiger partial charge in [-0.05, 0) is 54.4 Å². The van der Waals surface area contributed by atoms with E-state index in [9.17, 15) is 9.18 Å². The lowest BCUT2D eigenvalue weighted by Gasteiger charge is -2.18. The summed E-state index contributed by atoms with van der Waals surface area (Å²) in [5.41, 5.74) is 2.06. The first-order chi connectivity index (χ1) is 13.0. The van der Waals surface area contributed by atoms with Gasteiger partial charge in [-0.1, -0.05) is 11.6 Å². The van der Waals surface area contributed by atoms with Crippen LogP contribution in [0, 0.1) is 5.82 Å². The zero-order valence-electron chi connectivity index (χ0n) is 14.7. The van der Waals surface area contributed by atoms with E-state index < -0.39 is 5.82 Å². The molecule has 0 saturated heterocycles. The lowest BCUT2D eigenvalue weighted by atomic mass is 10.2. The summed E-state index contributed by atoms with van der Waals surface area (Å²) in [6.45, 7) is 0.746. The molecule has 0 aliphatic carbocycles. The van der Waals surface area contributed by atoms with E-state index in [0.29, 0.717) is 17.1 Å². The first kappa shape index (κ1) is 18.8. The Balaban J connectivity index is 1.66. The van der Waals surface area contributed by atoms with Crippen LogP contribution in [0.5, 0.6) is 0 Å². The highest BCUT2D eigenvalue weighted by Crippen LogP contribution is 2.20. The van der Waals surface area contributed by atoms with Crippen molar-refractivity contribution in [3.05, 3.63) is 83.0 Å². The fourth-order valence-electron chi connectivity index (χ4n) is 2.51. The molecular weight excluding hydrogens is 367 g/mol. The Labute approximate surface area is 161 Å². The van der Waals surface area contributed by atoms with Gasteiger partial charge in [-0.25, -0.2) is 9.37 Å². The number of likely N-dealkylation sites (N-methyl/N-ethyl adjacent to an activating group) is 1. The van der Waals surface area contributed by atoms with Crippen molar-refractivity contribution in [1.29, 1.82) is 0 Å². The third-order valence-corrected chi connectivity index (χ3v) is 4.35. The fourth-order valence-corrected chi connectivity index (χ4v) is 2.69. The molecule has 0 spiro atoms. The summed E-state index contributed by atoms with van der Waals surface area (Å²) in [6.07, 6.45) is 5.95. The van der Waals surface area contributed by atoms with Crippen LogP contribution in [0.2, 0.25) is 5.02 Å². The van der Waals surface area contributed by atoms with E-state index in [4.69, 9.17) is 11.6 Å². The van der Waals surface area contributed by atoms with E-state index in [1.54, 1.807) is 30.7 Å². The summed E-state index contributed by atoms with van der Waals surface area (Å²) >= 11 is 5.75. The Morgan fingerprint density at radius 2 is 1.93 bits per heavy atom. The first-order valence-electron chi connectivity index (χ1n) is 8.35. The second-order valence-corrected chi connectivity index (χ2v) is 6.42. The number of rotatable bonds is 6. The highest BCUT2D eigenvalue weighted by molar-refractivity contribution is 6.31. The molecule has 7 heteroatoms. The number of anilines is 2. The van der Waals surface area contributed by atoms with Gasteiger partial charge in [0.25, 0.3) is 5.91 Å². The molecule has 1 amide bonds. The zero-order valence-corrected chi connectivity index (χ0v) is 15.4. The lowest BCUT2D eigenvalue weighted by molar-refractivity contribution is 0.102. The van der Waals surface area contributed by atoms with E-state index in [1.807, 2.05) is 24.1 Å². The van der Waals surface area contributed by atoms with E-state index in [1.165, 1.54) is 23.8 Å². The molecule has 1 aromatic carbocycles. The van der Waals surface area contributed by atoms with Crippen molar-refractivity contribution in [2.75, 3.05) is 23.8 Å². The van der Waals surface area contributed by atoms with Gasteiger partial charge in [0.2, 0.25) is 0 Å². The van der Waals surface area contributed by atoms with Crippen LogP contribution in [-0.4, -0.2) is 29.5 Å². The van der Waals surface area contributed by atoms with Crippen LogP contribution in [0.4, 0.5) is 15.9 Å². The lowest BCUT2D eigenvalue weighted by Crippen LogP contribution is -2.22. The highest BCUT2D eigenvalue weighted by Gasteiger charge is 2.11. The van der Waals surface area contributed by atoms with Crippen LogP contribution >= 0.6 is 11.6 Å². The van der Waals surface area contributed by atoms with Gasteiger partial charge in [0, 0.05) is 43.4 Å². The van der Waals surface area contributed by atoms with E-state index in [2.05, 4.69) is 15.3 Å². The quantitative estimate of drug-likeness (QED) is 0.692. The number of amides is 1. The van der Waals surface area contributed by atoms with Gasteiger partial charge in [0.1, 0.15) is 11.6 Å². The van der Waals surface area contributed by atoms with Crippen LogP contribution in [0.3, 0.4) is 0 Å². The Kier molecular flexibility index (Phi) is 5.98. The predicted molar refractivity (Wildman–Crippen MR) is 105 cm³/mol. The summed E-state index contributed by atoms with van der Waals surface area (Å²) in [6, 6.07) is 11.3. The topological polar surface area (TPSA) is 58.1 Å². The molecule has 0 fully saturated rings. The summed E-state index contributed by atoms with van der Waals surface area (Å²) in [4.78, 5) is 22.8. The fraction of sp³-hybridized carbons (Fsp3) is 0.150. The summed E-state index contributed by atoms with van der Waals surface area (Å²) < 4.78 is 13.2. The predicted octanol–water partition coefficient (Wildman–Crippen LogP) is 4.20. The van der Waals surface area contributed by atoms with Crippen molar-refractivity contribution in [1.82, 2.24) is 9.97 Å². The molecule has 0 saturated carbocycles. The molecule has 2 aromatic heterocycles. The molecular formula is C20H18ClFN4O. The molecule has 0 bridgehead atoms. The van der Waals surface area contributed by atoms with Gasteiger partial charge >= 0.3 is 0 Å². The number of carbonyl (C=O) groups is 1. The van der Waals surface area contributed by atoms with E-state index >= 15 is 0 Å². The molecule has 138 valence electrons. The minimum atomic E-state index is -0.531. The number of nitrogens with zero attached hydrogens (tertiary/aromatic N) is 3. The third-order valence-electron chi connectivity index (χ3n) is 4.06. The smallest absolute Gasteiger partial charge is 0.255 e. The molecule has 0 aliphatic rings. The highest BCUT2D eigenvalue weighted by atomic mass is 35.5. The number of benzene rings is 1. The number of hydrogen-bond donors (Lipinski definition) is 1. The van der Waals surface area contributed by atoms with Crippen molar-refractivity contribution in [3.8, 4) is 0 Å². The number of nitrogens with one attached hydrogen (secondary N) is 1. The van der Waals surface area contributed by atoms with Crippen molar-refractivity contribution in [3.63, 3.8) is 0 Å². The maximum Gasteiger partial charge on any atom is 0.255 e. The Bertz CT molecular complexity index is 936. The second-order valence-electron chi connectivity index (χ2n) is 6.01. The van der Waals surface area contributed by atoms with Crippen molar-refractivity contribution >= 4 is 29.0 Å². The molecule has 27 heavy (non-hydrogen) atoms. The molecule has 0 unspecified atom stereocenters. The van der Waals surface area contributed by atoms with Crippen LogP contribution < -0.4 is 10.2 Å². The molecule has 2 heterocycles. The van der Waals surface area contributed by atoms with E-state index in [0.717, 1.165) is 13.0 Å². The van der Waals surface area contributed by atoms with Crippen LogP contribution in [0.1, 0.15) is 15.9 Å². The second kappa shape index (κ2) is 8.60. The third kappa shape index (κ3) is 5.01. The maximum atomic E-state index is 13.2. The van der Waals surface area contributed by atoms with Crippen LogP contribution in [-0.2, 0) is 6.42 Å². The first-order valence-corrected chi connectivity index (χ1v) is 8.73. The minimum Gasteiger partial charge on any atom is -0.359 e. The molecule has 0 radical (unpaired) electrons. The van der Waals surface area contributed by atoms with Gasteiger partial charge in [-0.15, -0.1) is 0 Å². The number of hydrogen-bond acceptors (Lipinski definition) is 4. The average Bonchev–Trinajstić information content (AvgIpc) is 2.70. The monoisotopic (exact) mass is 384 g/mol. The molecule has 1 N–H and O–H groups in total. The minimum absolute atomic E-state index is 0.0425. The van der Waals surface area contributed by atoms with Gasteiger partial charge in [0.15, 0.2) is 0 Å². The standard InChI is InChI=1S/C20H18ClFN4O/c1-26(11-7-14-4-8-23-9-5-14)19-12-15(6-10-24-19)20(27)25-16-2-3-18(22)17(21)13-16/h2-6,8-10,12-13H,7,11H2,1H3,(H,25,27). The summed E-state index contributed by atoms with van der Waals surface area (Å²) in [5, 5.41) is 2.66. The largest absolute Gasteiger partial charge is 0.359 e. The molecule has 0 atom stereocenters. The molecule has 3 aromatic rings. The number of aromatic nitrogens is 2. The number of carbonyl (C=O) groups excluding carboxylic acids is 1. The SMILES string of the molecule is CN(CCc1ccncc1)c1cc(C(=O)Nc2ccc(F)c(Cl)c2)ccn1. The summed E-state index contributed by atoms with van der Waals surface area (Å²) in [7, 11) is 1.92. The maximum absolute atomic E-state index is 13.2. The van der Waals surface area contributed by atoms with Crippen LogP contribution in [0.25, 0.3) is 0 Å². The van der Waals surface area contributed by atoms with E-state index in [-0.39, 0.29) is 10.9 Å². The van der Waals surface area contributed by atoms with Gasteiger partial charge in [-0.2, -0.15) is 0 Å². The molecule has 3 rings (SSSR count). The van der Waals surface area contributed by atoms with Gasteiger partial charge < -0.3 is 10.2 Å². The number of halogens is 2. The number of pyridine rings is 2. The normalized spacial score (nSPS) is 10.5. The Morgan fingerprint density at radius 3 is 2.67 bits per heavy atom. The van der Waals surface area contributed by atoms with Crippen molar-refractivity contribution < 1.29 is 9.18 Å². The van der Waals surface area contributed by atoms with Crippen molar-refractivity contribution in [2.45, 2.75) is 6.42 Å². The van der Waals surface area contributed by atoms with Gasteiger partial charge in [0.05, 0.1) is 5.02 Å². The van der Waals surface area contributed by atoms with Crippen LogP contribution in [0.15, 0.2) is 61.1 Å². The van der Waals surface area contributed by atoms with Gasteiger partial charge in [-0.3, -0.25) is 9.78 Å².